The summed E-state index contributed by atoms with van der Waals surface area (Å²) in [6.07, 6.45) is 0.364. The molecule has 0 saturated heterocycles. The van der Waals surface area contributed by atoms with Crippen molar-refractivity contribution in [2.24, 2.45) is 0 Å². The van der Waals surface area contributed by atoms with E-state index in [1.807, 2.05) is 13.0 Å². The smallest absolute Gasteiger partial charge is 0.232 e. The summed E-state index contributed by atoms with van der Waals surface area (Å²) in [6.45, 7) is 2.43. The Morgan fingerprint density at radius 1 is 1.71 bits per heavy atom. The normalized spacial score (nSPS) is 11.9. The van der Waals surface area contributed by atoms with E-state index < -0.39 is 0 Å². The minimum absolute atomic E-state index is 0.00514. The molecule has 5 heteroatoms. The third kappa shape index (κ3) is 5.84. The molecule has 1 unspecified atom stereocenters. The standard InChI is InChI=1S/C9H16N2O2S/c1-8(6-12)14-7-9(13)11(2)5-3-4-10/h8,12H,3,5-7H2,1-2H3. The summed E-state index contributed by atoms with van der Waals surface area (Å²) >= 11 is 1.42. The van der Waals surface area contributed by atoms with E-state index in [0.717, 1.165) is 0 Å². The molecule has 0 fully saturated rings. The minimum Gasteiger partial charge on any atom is -0.395 e. The highest BCUT2D eigenvalue weighted by Gasteiger charge is 2.10. The van der Waals surface area contributed by atoms with Gasteiger partial charge in [0, 0.05) is 18.8 Å². The maximum absolute atomic E-state index is 11.4. The molecular weight excluding hydrogens is 200 g/mol. The highest BCUT2D eigenvalue weighted by molar-refractivity contribution is 8.00. The number of nitrogens with zero attached hydrogens (tertiary/aromatic N) is 2. The van der Waals surface area contributed by atoms with Gasteiger partial charge in [0.15, 0.2) is 0 Å². The van der Waals surface area contributed by atoms with Gasteiger partial charge in [0.2, 0.25) is 5.91 Å². The molecule has 80 valence electrons. The second kappa shape index (κ2) is 7.65. The second-order valence-corrected chi connectivity index (χ2v) is 4.45. The fraction of sp³-hybridized carbons (Fsp3) is 0.778. The van der Waals surface area contributed by atoms with Gasteiger partial charge in [0.25, 0.3) is 0 Å². The van der Waals surface area contributed by atoms with Crippen LogP contribution in [0.2, 0.25) is 0 Å². The van der Waals surface area contributed by atoms with Gasteiger partial charge < -0.3 is 10.0 Å². The van der Waals surface area contributed by atoms with Crippen molar-refractivity contribution in [2.45, 2.75) is 18.6 Å². The largest absolute Gasteiger partial charge is 0.395 e. The molecule has 0 aliphatic carbocycles. The van der Waals surface area contributed by atoms with Crippen molar-refractivity contribution in [2.75, 3.05) is 26.0 Å². The average molecular weight is 216 g/mol. The predicted octanol–water partition coefficient (Wildman–Crippen LogP) is 0.472. The summed E-state index contributed by atoms with van der Waals surface area (Å²) in [5.74, 6) is 0.370. The number of hydrogen-bond donors (Lipinski definition) is 1. The number of rotatable bonds is 6. The summed E-state index contributed by atoms with van der Waals surface area (Å²) in [5, 5.41) is 17.2. The molecule has 0 rings (SSSR count). The first-order chi connectivity index (χ1) is 6.61. The van der Waals surface area contributed by atoms with Crippen LogP contribution in [-0.2, 0) is 4.79 Å². The first-order valence-corrected chi connectivity index (χ1v) is 5.50. The molecule has 0 aromatic rings. The van der Waals surface area contributed by atoms with Crippen LogP contribution in [0.5, 0.6) is 0 Å². The van der Waals surface area contributed by atoms with Gasteiger partial charge in [-0.3, -0.25) is 4.79 Å². The molecule has 1 amide bonds. The highest BCUT2D eigenvalue weighted by Crippen LogP contribution is 2.09. The molecule has 1 atom stereocenters. The maximum atomic E-state index is 11.4. The average Bonchev–Trinajstić information content (AvgIpc) is 2.21. The van der Waals surface area contributed by atoms with E-state index in [1.54, 1.807) is 11.9 Å². The Kier molecular flexibility index (Phi) is 7.25. The highest BCUT2D eigenvalue weighted by atomic mass is 32.2. The number of hydrogen-bond acceptors (Lipinski definition) is 4. The first kappa shape index (κ1) is 13.3. The van der Waals surface area contributed by atoms with Gasteiger partial charge in [-0.15, -0.1) is 11.8 Å². The van der Waals surface area contributed by atoms with E-state index in [0.29, 0.717) is 18.7 Å². The van der Waals surface area contributed by atoms with Crippen molar-refractivity contribution >= 4 is 17.7 Å². The summed E-state index contributed by atoms with van der Waals surface area (Å²) in [7, 11) is 1.68. The number of nitriles is 1. The van der Waals surface area contributed by atoms with Crippen molar-refractivity contribution in [3.05, 3.63) is 0 Å². The van der Waals surface area contributed by atoms with Crippen molar-refractivity contribution in [1.29, 1.82) is 5.26 Å². The zero-order valence-electron chi connectivity index (χ0n) is 8.56. The van der Waals surface area contributed by atoms with Crippen LogP contribution in [0.1, 0.15) is 13.3 Å². The molecule has 0 aromatic heterocycles. The predicted molar refractivity (Wildman–Crippen MR) is 56.9 cm³/mol. The van der Waals surface area contributed by atoms with Crippen LogP contribution in [0.15, 0.2) is 0 Å². The van der Waals surface area contributed by atoms with E-state index >= 15 is 0 Å². The molecule has 0 saturated carbocycles. The van der Waals surface area contributed by atoms with Crippen LogP contribution >= 0.6 is 11.8 Å². The van der Waals surface area contributed by atoms with Gasteiger partial charge in [0.1, 0.15) is 0 Å². The van der Waals surface area contributed by atoms with Crippen LogP contribution in [0.4, 0.5) is 0 Å². The van der Waals surface area contributed by atoms with Crippen molar-refractivity contribution in [1.82, 2.24) is 4.90 Å². The van der Waals surface area contributed by atoms with Gasteiger partial charge in [-0.2, -0.15) is 5.26 Å². The zero-order chi connectivity index (χ0) is 11.0. The monoisotopic (exact) mass is 216 g/mol. The third-order valence-electron chi connectivity index (χ3n) is 1.73. The van der Waals surface area contributed by atoms with Gasteiger partial charge in [-0.1, -0.05) is 6.92 Å². The number of aliphatic hydroxyl groups excluding tert-OH is 1. The van der Waals surface area contributed by atoms with Crippen molar-refractivity contribution in [3.8, 4) is 6.07 Å². The molecule has 0 spiro atoms. The summed E-state index contributed by atoms with van der Waals surface area (Å²) in [6, 6.07) is 1.99. The van der Waals surface area contributed by atoms with Crippen molar-refractivity contribution in [3.63, 3.8) is 0 Å². The first-order valence-electron chi connectivity index (χ1n) is 4.45. The second-order valence-electron chi connectivity index (χ2n) is 3.03. The quantitative estimate of drug-likeness (QED) is 0.701. The molecule has 0 radical (unpaired) electrons. The lowest BCUT2D eigenvalue weighted by Gasteiger charge is -2.16. The Morgan fingerprint density at radius 3 is 2.86 bits per heavy atom. The number of amides is 1. The molecule has 0 heterocycles. The maximum Gasteiger partial charge on any atom is 0.232 e. The topological polar surface area (TPSA) is 64.3 Å². The lowest BCUT2D eigenvalue weighted by molar-refractivity contribution is -0.127. The Hall–Kier alpha value is -0.730. The fourth-order valence-corrected chi connectivity index (χ4v) is 1.47. The van der Waals surface area contributed by atoms with Gasteiger partial charge in [-0.25, -0.2) is 0 Å². The Morgan fingerprint density at radius 2 is 2.36 bits per heavy atom. The number of carbonyl (C=O) groups excluding carboxylic acids is 1. The summed E-state index contributed by atoms with van der Waals surface area (Å²) in [4.78, 5) is 12.9. The lowest BCUT2D eigenvalue weighted by atomic mass is 10.4. The molecule has 0 aromatic carbocycles. The molecular formula is C9H16N2O2S. The van der Waals surface area contributed by atoms with Gasteiger partial charge in [0.05, 0.1) is 24.8 Å². The van der Waals surface area contributed by atoms with Crippen LogP contribution in [0.3, 0.4) is 0 Å². The molecule has 0 aliphatic rings. The van der Waals surface area contributed by atoms with Crippen LogP contribution in [0, 0.1) is 11.3 Å². The van der Waals surface area contributed by atoms with Gasteiger partial charge >= 0.3 is 0 Å². The fourth-order valence-electron chi connectivity index (χ4n) is 0.719. The van der Waals surface area contributed by atoms with Crippen molar-refractivity contribution < 1.29 is 9.90 Å². The third-order valence-corrected chi connectivity index (χ3v) is 2.86. The van der Waals surface area contributed by atoms with Gasteiger partial charge in [-0.05, 0) is 0 Å². The molecule has 4 nitrogen and oxygen atoms in total. The van der Waals surface area contributed by atoms with E-state index in [-0.39, 0.29) is 17.8 Å². The SMILES string of the molecule is CC(CO)SCC(=O)N(C)CCC#N. The summed E-state index contributed by atoms with van der Waals surface area (Å²) < 4.78 is 0. The molecule has 0 aliphatic heterocycles. The molecule has 14 heavy (non-hydrogen) atoms. The summed E-state index contributed by atoms with van der Waals surface area (Å²) in [5.41, 5.74) is 0. The van der Waals surface area contributed by atoms with E-state index in [4.69, 9.17) is 10.4 Å². The van der Waals surface area contributed by atoms with E-state index in [2.05, 4.69) is 0 Å². The minimum atomic E-state index is 0.00514. The number of thioether (sulfide) groups is 1. The molecule has 0 bridgehead atoms. The zero-order valence-corrected chi connectivity index (χ0v) is 9.38. The Balaban J connectivity index is 3.68. The lowest BCUT2D eigenvalue weighted by Crippen LogP contribution is -2.29. The Bertz CT molecular complexity index is 215. The van der Waals surface area contributed by atoms with Crippen LogP contribution < -0.4 is 0 Å². The Labute approximate surface area is 88.9 Å². The van der Waals surface area contributed by atoms with Crippen LogP contribution in [0.25, 0.3) is 0 Å². The van der Waals surface area contributed by atoms with E-state index in [1.165, 1.54) is 11.8 Å². The molecule has 1 N–H and O–H groups in total. The van der Waals surface area contributed by atoms with Crippen LogP contribution in [-0.4, -0.2) is 47.1 Å². The van der Waals surface area contributed by atoms with E-state index in [9.17, 15) is 4.79 Å². The number of aliphatic hydroxyl groups is 1. The number of carbonyl (C=O) groups is 1.